The van der Waals surface area contributed by atoms with Crippen molar-refractivity contribution in [1.82, 2.24) is 5.32 Å². The van der Waals surface area contributed by atoms with Crippen LogP contribution in [0.15, 0.2) is 30.3 Å². The molecular weight excluding hydrogens is 338 g/mol. The van der Waals surface area contributed by atoms with E-state index in [9.17, 15) is 19.5 Å². The average molecular weight is 363 g/mol. The summed E-state index contributed by atoms with van der Waals surface area (Å²) < 4.78 is 0. The third kappa shape index (κ3) is 5.59. The summed E-state index contributed by atoms with van der Waals surface area (Å²) in [4.78, 5) is 35.9. The van der Waals surface area contributed by atoms with Crippen molar-refractivity contribution < 1.29 is 19.5 Å². The highest BCUT2D eigenvalue weighted by Crippen LogP contribution is 2.29. The van der Waals surface area contributed by atoms with Crippen molar-refractivity contribution in [3.63, 3.8) is 0 Å². The van der Waals surface area contributed by atoms with Crippen molar-refractivity contribution in [2.45, 2.75) is 51.0 Å². The van der Waals surface area contributed by atoms with Gasteiger partial charge in [0.25, 0.3) is 0 Å². The molecule has 0 bridgehead atoms. The molecule has 0 saturated heterocycles. The molecule has 6 heteroatoms. The Kier molecular flexibility index (Phi) is 7.05. The van der Waals surface area contributed by atoms with Crippen LogP contribution in [0.5, 0.6) is 0 Å². The van der Waals surface area contributed by atoms with Gasteiger partial charge in [0.05, 0.1) is 5.92 Å². The van der Waals surface area contributed by atoms with E-state index in [2.05, 4.69) is 5.32 Å². The van der Waals surface area contributed by atoms with E-state index in [1.54, 1.807) is 0 Å². The minimum atomic E-state index is -1.16. The van der Waals surface area contributed by atoms with E-state index in [-0.39, 0.29) is 11.0 Å². The Balaban J connectivity index is 2.12. The van der Waals surface area contributed by atoms with Gasteiger partial charge in [0.1, 0.15) is 5.54 Å². The Morgan fingerprint density at radius 3 is 2.36 bits per heavy atom. The van der Waals surface area contributed by atoms with Gasteiger partial charge >= 0.3 is 5.97 Å². The number of carbonyl (C=O) groups excluding carboxylic acids is 2. The van der Waals surface area contributed by atoms with E-state index in [1.165, 1.54) is 6.92 Å². The minimum absolute atomic E-state index is 0.0449. The fourth-order valence-corrected chi connectivity index (χ4v) is 3.93. The highest BCUT2D eigenvalue weighted by Gasteiger charge is 2.42. The third-order valence-corrected chi connectivity index (χ3v) is 5.64. The molecule has 1 amide bonds. The third-order valence-electron chi connectivity index (χ3n) is 4.66. The molecule has 5 nitrogen and oxygen atoms in total. The molecule has 0 spiro atoms. The van der Waals surface area contributed by atoms with Crippen LogP contribution in [0, 0.1) is 5.92 Å². The first-order valence-electron chi connectivity index (χ1n) is 8.66. The summed E-state index contributed by atoms with van der Waals surface area (Å²) in [5.74, 6) is -1.32. The maximum atomic E-state index is 12.8. The van der Waals surface area contributed by atoms with Gasteiger partial charge in [0.2, 0.25) is 5.91 Å². The Morgan fingerprint density at radius 2 is 1.80 bits per heavy atom. The Labute approximate surface area is 152 Å². The van der Waals surface area contributed by atoms with Crippen molar-refractivity contribution in [2.24, 2.45) is 5.92 Å². The summed E-state index contributed by atoms with van der Waals surface area (Å²) in [7, 11) is 0. The second-order valence-corrected chi connectivity index (χ2v) is 7.82. The van der Waals surface area contributed by atoms with E-state index >= 15 is 0 Å². The number of carboxylic acids is 1. The van der Waals surface area contributed by atoms with Crippen LogP contribution in [-0.2, 0) is 20.8 Å². The summed E-state index contributed by atoms with van der Waals surface area (Å²) in [6, 6.07) is 9.59. The summed E-state index contributed by atoms with van der Waals surface area (Å²) >= 11 is 1.11. The summed E-state index contributed by atoms with van der Waals surface area (Å²) in [5, 5.41) is 12.4. The Morgan fingerprint density at radius 1 is 1.16 bits per heavy atom. The Hall–Kier alpha value is -1.82. The van der Waals surface area contributed by atoms with E-state index < -0.39 is 17.4 Å². The molecule has 136 valence electrons. The molecule has 1 unspecified atom stereocenters. The fraction of sp³-hybridized carbons (Fsp3) is 0.526. The van der Waals surface area contributed by atoms with Gasteiger partial charge in [-0.05, 0) is 24.8 Å². The van der Waals surface area contributed by atoms with Crippen LogP contribution in [0.3, 0.4) is 0 Å². The lowest BCUT2D eigenvalue weighted by Crippen LogP contribution is -2.57. The zero-order valence-electron chi connectivity index (χ0n) is 14.5. The minimum Gasteiger partial charge on any atom is -0.480 e. The SMILES string of the molecule is CC(=O)SCC(Cc1ccccc1)C(=O)NC1(C(=O)O)CCCCC1. The maximum Gasteiger partial charge on any atom is 0.329 e. The molecule has 0 radical (unpaired) electrons. The standard InChI is InChI=1S/C19H25NO4S/c1-14(21)25-13-16(12-15-8-4-2-5-9-15)17(22)20-19(18(23)24)10-6-3-7-11-19/h2,4-5,8-9,16H,3,6-7,10-13H2,1H3,(H,20,22)(H,23,24). The number of hydrogen-bond acceptors (Lipinski definition) is 4. The zero-order valence-corrected chi connectivity index (χ0v) is 15.3. The van der Waals surface area contributed by atoms with Gasteiger partial charge in [-0.25, -0.2) is 4.79 Å². The lowest BCUT2D eigenvalue weighted by atomic mass is 9.81. The first kappa shape index (κ1) is 19.5. The first-order chi connectivity index (χ1) is 11.9. The van der Waals surface area contributed by atoms with Crippen LogP contribution in [0.1, 0.15) is 44.6 Å². The molecule has 2 N–H and O–H groups in total. The Bertz CT molecular complexity index is 611. The van der Waals surface area contributed by atoms with Gasteiger partial charge < -0.3 is 10.4 Å². The predicted molar refractivity (Wildman–Crippen MR) is 98.4 cm³/mol. The number of hydrogen-bond donors (Lipinski definition) is 2. The second kappa shape index (κ2) is 9.04. The quantitative estimate of drug-likeness (QED) is 0.778. The molecule has 2 rings (SSSR count). The molecule has 1 aliphatic carbocycles. The van der Waals surface area contributed by atoms with Gasteiger partial charge in [-0.15, -0.1) is 0 Å². The predicted octanol–water partition coefficient (Wildman–Crippen LogP) is 3.03. The van der Waals surface area contributed by atoms with E-state index in [4.69, 9.17) is 0 Å². The van der Waals surface area contributed by atoms with Gasteiger partial charge in [0, 0.05) is 12.7 Å². The molecule has 0 aromatic heterocycles. The molecule has 25 heavy (non-hydrogen) atoms. The number of carbonyl (C=O) groups is 3. The van der Waals surface area contributed by atoms with Gasteiger partial charge in [0.15, 0.2) is 5.12 Å². The molecule has 1 fully saturated rings. The van der Waals surface area contributed by atoms with Crippen LogP contribution >= 0.6 is 11.8 Å². The van der Waals surface area contributed by atoms with Crippen LogP contribution in [0.4, 0.5) is 0 Å². The molecule has 1 saturated carbocycles. The van der Waals surface area contributed by atoms with Gasteiger partial charge in [-0.2, -0.15) is 0 Å². The number of benzene rings is 1. The molecular formula is C19H25NO4S. The largest absolute Gasteiger partial charge is 0.480 e. The molecule has 1 aromatic carbocycles. The summed E-state index contributed by atoms with van der Waals surface area (Å²) in [5.41, 5.74) is -0.162. The number of rotatable bonds is 7. The number of nitrogens with one attached hydrogen (secondary N) is 1. The zero-order chi connectivity index (χ0) is 18.3. The van der Waals surface area contributed by atoms with Gasteiger partial charge in [-0.3, -0.25) is 9.59 Å². The van der Waals surface area contributed by atoms with Crippen LogP contribution in [0.2, 0.25) is 0 Å². The molecule has 1 atom stereocenters. The van der Waals surface area contributed by atoms with Crippen molar-refractivity contribution in [3.05, 3.63) is 35.9 Å². The monoisotopic (exact) mass is 363 g/mol. The van der Waals surface area contributed by atoms with Crippen LogP contribution in [0.25, 0.3) is 0 Å². The van der Waals surface area contributed by atoms with Crippen LogP contribution in [-0.4, -0.2) is 33.4 Å². The lowest BCUT2D eigenvalue weighted by Gasteiger charge is -2.35. The van der Waals surface area contributed by atoms with E-state index in [1.807, 2.05) is 30.3 Å². The van der Waals surface area contributed by atoms with E-state index in [0.717, 1.165) is 36.6 Å². The molecule has 1 aromatic rings. The summed E-state index contributed by atoms with van der Waals surface area (Å²) in [6.07, 6.45) is 4.02. The molecule has 1 aliphatic rings. The average Bonchev–Trinajstić information content (AvgIpc) is 2.60. The number of thioether (sulfide) groups is 1. The van der Waals surface area contributed by atoms with E-state index in [0.29, 0.717) is 25.0 Å². The highest BCUT2D eigenvalue weighted by atomic mass is 32.2. The van der Waals surface area contributed by atoms with Crippen LogP contribution < -0.4 is 5.32 Å². The maximum absolute atomic E-state index is 12.8. The fourth-order valence-electron chi connectivity index (χ4n) is 3.23. The normalized spacial score (nSPS) is 17.5. The highest BCUT2D eigenvalue weighted by molar-refractivity contribution is 8.13. The van der Waals surface area contributed by atoms with Crippen molar-refractivity contribution in [1.29, 1.82) is 0 Å². The number of carboxylic acid groups (broad SMARTS) is 1. The number of amides is 1. The molecule has 0 aliphatic heterocycles. The lowest BCUT2D eigenvalue weighted by molar-refractivity contribution is -0.149. The smallest absolute Gasteiger partial charge is 0.329 e. The van der Waals surface area contributed by atoms with Gasteiger partial charge in [-0.1, -0.05) is 61.4 Å². The number of aliphatic carboxylic acids is 1. The molecule has 0 heterocycles. The van der Waals surface area contributed by atoms with Crippen molar-refractivity contribution >= 4 is 28.8 Å². The topological polar surface area (TPSA) is 83.5 Å². The summed E-state index contributed by atoms with van der Waals surface area (Å²) in [6.45, 7) is 1.47. The van der Waals surface area contributed by atoms with Crippen molar-refractivity contribution in [2.75, 3.05) is 5.75 Å². The van der Waals surface area contributed by atoms with Crippen molar-refractivity contribution in [3.8, 4) is 0 Å². The second-order valence-electron chi connectivity index (χ2n) is 6.63. The first-order valence-corrected chi connectivity index (χ1v) is 9.64.